The van der Waals surface area contributed by atoms with Gasteiger partial charge in [0.15, 0.2) is 0 Å². The molecule has 21 heavy (non-hydrogen) atoms. The van der Waals surface area contributed by atoms with Crippen LogP contribution in [0.3, 0.4) is 0 Å². The molecule has 0 atom stereocenters. The Kier molecular flexibility index (Phi) is 5.28. The van der Waals surface area contributed by atoms with Gasteiger partial charge in [0.1, 0.15) is 6.54 Å². The zero-order valence-corrected chi connectivity index (χ0v) is 10.5. The number of halogens is 3. The Morgan fingerprint density at radius 1 is 1.10 bits per heavy atom. The molecular formula is C12H11F3N2O4. The maximum atomic E-state index is 11.8. The standard InChI is InChI=1S/C12H11F3N2O4/c13-12(14,15)6-17-9(18)5-16-10(19)7-2-1-3-8(4-7)11(20)21/h1-4H,5-6H2,(H,16,19)(H,17,18)(H,20,21). The first kappa shape index (κ1) is 16.5. The van der Waals surface area contributed by atoms with Gasteiger partial charge in [0, 0.05) is 5.56 Å². The van der Waals surface area contributed by atoms with Crippen LogP contribution in [0.25, 0.3) is 0 Å². The second kappa shape index (κ2) is 6.73. The lowest BCUT2D eigenvalue weighted by atomic mass is 10.1. The van der Waals surface area contributed by atoms with Crippen molar-refractivity contribution in [2.75, 3.05) is 13.1 Å². The highest BCUT2D eigenvalue weighted by Crippen LogP contribution is 2.11. The smallest absolute Gasteiger partial charge is 0.405 e. The van der Waals surface area contributed by atoms with Crippen LogP contribution in [0.15, 0.2) is 24.3 Å². The van der Waals surface area contributed by atoms with Crippen molar-refractivity contribution in [1.29, 1.82) is 0 Å². The Morgan fingerprint density at radius 2 is 1.71 bits per heavy atom. The Morgan fingerprint density at radius 3 is 2.29 bits per heavy atom. The summed E-state index contributed by atoms with van der Waals surface area (Å²) >= 11 is 0. The normalized spacial score (nSPS) is 10.8. The SMILES string of the molecule is O=C(CNC(=O)c1cccc(C(=O)O)c1)NCC(F)(F)F. The van der Waals surface area contributed by atoms with E-state index in [4.69, 9.17) is 5.11 Å². The van der Waals surface area contributed by atoms with Gasteiger partial charge >= 0.3 is 12.1 Å². The van der Waals surface area contributed by atoms with E-state index in [0.717, 1.165) is 6.07 Å². The largest absolute Gasteiger partial charge is 0.478 e. The van der Waals surface area contributed by atoms with E-state index < -0.39 is 37.0 Å². The summed E-state index contributed by atoms with van der Waals surface area (Å²) < 4.78 is 35.5. The van der Waals surface area contributed by atoms with Gasteiger partial charge < -0.3 is 15.7 Å². The molecule has 0 heterocycles. The van der Waals surface area contributed by atoms with Crippen LogP contribution >= 0.6 is 0 Å². The predicted octanol–water partition coefficient (Wildman–Crippen LogP) is 0.793. The van der Waals surface area contributed by atoms with Crippen molar-refractivity contribution < 1.29 is 32.7 Å². The molecule has 0 aliphatic rings. The third-order valence-electron chi connectivity index (χ3n) is 2.27. The Balaban J connectivity index is 2.52. The molecular weight excluding hydrogens is 293 g/mol. The van der Waals surface area contributed by atoms with Gasteiger partial charge in [-0.05, 0) is 18.2 Å². The molecule has 1 aromatic carbocycles. The molecule has 0 radical (unpaired) electrons. The van der Waals surface area contributed by atoms with Crippen molar-refractivity contribution in [2.45, 2.75) is 6.18 Å². The second-order valence-electron chi connectivity index (χ2n) is 3.96. The maximum Gasteiger partial charge on any atom is 0.405 e. The Labute approximate surface area is 116 Å². The molecule has 1 aromatic rings. The number of hydrogen-bond acceptors (Lipinski definition) is 3. The molecule has 6 nitrogen and oxygen atoms in total. The highest BCUT2D eigenvalue weighted by Gasteiger charge is 2.27. The highest BCUT2D eigenvalue weighted by atomic mass is 19.4. The molecule has 2 amide bonds. The molecule has 0 bridgehead atoms. The highest BCUT2D eigenvalue weighted by molar-refractivity contribution is 5.98. The van der Waals surface area contributed by atoms with E-state index in [1.165, 1.54) is 18.2 Å². The fourth-order valence-electron chi connectivity index (χ4n) is 1.32. The van der Waals surface area contributed by atoms with Crippen LogP contribution < -0.4 is 10.6 Å². The number of carbonyl (C=O) groups excluding carboxylic acids is 2. The van der Waals surface area contributed by atoms with E-state index >= 15 is 0 Å². The lowest BCUT2D eigenvalue weighted by Crippen LogP contribution is -2.40. The summed E-state index contributed by atoms with van der Waals surface area (Å²) in [7, 11) is 0. The monoisotopic (exact) mass is 304 g/mol. The minimum atomic E-state index is -4.53. The van der Waals surface area contributed by atoms with Crippen molar-refractivity contribution in [1.82, 2.24) is 10.6 Å². The number of benzene rings is 1. The van der Waals surface area contributed by atoms with Gasteiger partial charge in [0.25, 0.3) is 5.91 Å². The fraction of sp³-hybridized carbons (Fsp3) is 0.250. The van der Waals surface area contributed by atoms with Crippen molar-refractivity contribution in [3.05, 3.63) is 35.4 Å². The van der Waals surface area contributed by atoms with Crippen LogP contribution in [0.4, 0.5) is 13.2 Å². The maximum absolute atomic E-state index is 11.8. The molecule has 0 unspecified atom stereocenters. The van der Waals surface area contributed by atoms with Crippen LogP contribution in [0, 0.1) is 0 Å². The number of amides is 2. The molecule has 0 saturated carbocycles. The molecule has 0 aliphatic heterocycles. The lowest BCUT2D eigenvalue weighted by Gasteiger charge is -2.09. The van der Waals surface area contributed by atoms with E-state index in [-0.39, 0.29) is 11.1 Å². The van der Waals surface area contributed by atoms with Crippen LogP contribution in [-0.4, -0.2) is 42.2 Å². The summed E-state index contributed by atoms with van der Waals surface area (Å²) in [6, 6.07) is 5.01. The minimum absolute atomic E-state index is 0.0153. The molecule has 3 N–H and O–H groups in total. The fourth-order valence-corrected chi connectivity index (χ4v) is 1.32. The summed E-state index contributed by atoms with van der Waals surface area (Å²) in [5.41, 5.74) is -0.136. The van der Waals surface area contributed by atoms with Crippen LogP contribution in [-0.2, 0) is 4.79 Å². The summed E-state index contributed by atoms with van der Waals surface area (Å²) in [5, 5.41) is 12.4. The average molecular weight is 304 g/mol. The molecule has 0 aliphatic carbocycles. The van der Waals surface area contributed by atoms with E-state index in [2.05, 4.69) is 5.32 Å². The van der Waals surface area contributed by atoms with Crippen LogP contribution in [0.5, 0.6) is 0 Å². The summed E-state index contributed by atoms with van der Waals surface area (Å²) in [6.45, 7) is -2.14. The van der Waals surface area contributed by atoms with Crippen LogP contribution in [0.1, 0.15) is 20.7 Å². The summed E-state index contributed by atoms with van der Waals surface area (Å²) in [6.07, 6.45) is -4.53. The third-order valence-corrected chi connectivity index (χ3v) is 2.27. The molecule has 0 spiro atoms. The van der Waals surface area contributed by atoms with Gasteiger partial charge in [-0.3, -0.25) is 9.59 Å². The van der Waals surface area contributed by atoms with Crippen molar-refractivity contribution in [3.63, 3.8) is 0 Å². The van der Waals surface area contributed by atoms with Gasteiger partial charge in [-0.1, -0.05) is 6.07 Å². The number of carboxylic acids is 1. The van der Waals surface area contributed by atoms with Crippen LogP contribution in [0.2, 0.25) is 0 Å². The first-order chi connectivity index (χ1) is 9.69. The van der Waals surface area contributed by atoms with Crippen molar-refractivity contribution in [3.8, 4) is 0 Å². The Bertz CT molecular complexity index is 558. The number of carboxylic acid groups (broad SMARTS) is 1. The predicted molar refractivity (Wildman–Crippen MR) is 64.8 cm³/mol. The van der Waals surface area contributed by atoms with Gasteiger partial charge in [-0.15, -0.1) is 0 Å². The number of nitrogens with one attached hydrogen (secondary N) is 2. The zero-order valence-electron chi connectivity index (χ0n) is 10.5. The lowest BCUT2D eigenvalue weighted by molar-refractivity contribution is -0.137. The first-order valence-corrected chi connectivity index (χ1v) is 5.64. The van der Waals surface area contributed by atoms with E-state index in [9.17, 15) is 27.6 Å². The van der Waals surface area contributed by atoms with E-state index in [0.29, 0.717) is 0 Å². The number of rotatable bonds is 5. The number of hydrogen-bond donors (Lipinski definition) is 3. The quantitative estimate of drug-likeness (QED) is 0.749. The van der Waals surface area contributed by atoms with E-state index in [1.807, 2.05) is 0 Å². The molecule has 0 aromatic heterocycles. The summed E-state index contributed by atoms with van der Waals surface area (Å²) in [4.78, 5) is 33.4. The van der Waals surface area contributed by atoms with Gasteiger partial charge in [-0.2, -0.15) is 13.2 Å². The third kappa shape index (κ3) is 5.93. The topological polar surface area (TPSA) is 95.5 Å². The van der Waals surface area contributed by atoms with Gasteiger partial charge in [0.05, 0.1) is 12.1 Å². The zero-order chi connectivity index (χ0) is 16.0. The van der Waals surface area contributed by atoms with Crippen molar-refractivity contribution in [2.24, 2.45) is 0 Å². The average Bonchev–Trinajstić information content (AvgIpc) is 2.41. The molecule has 0 fully saturated rings. The van der Waals surface area contributed by atoms with Gasteiger partial charge in [0.2, 0.25) is 5.91 Å². The summed E-state index contributed by atoms with van der Waals surface area (Å²) in [5.74, 6) is -3.00. The molecule has 1 rings (SSSR count). The molecule has 114 valence electrons. The molecule has 9 heteroatoms. The number of carbonyl (C=O) groups is 3. The second-order valence-corrected chi connectivity index (χ2v) is 3.96. The van der Waals surface area contributed by atoms with Crippen molar-refractivity contribution >= 4 is 17.8 Å². The number of aromatic carboxylic acids is 1. The van der Waals surface area contributed by atoms with E-state index in [1.54, 1.807) is 5.32 Å². The minimum Gasteiger partial charge on any atom is -0.478 e. The first-order valence-electron chi connectivity index (χ1n) is 5.64. The van der Waals surface area contributed by atoms with Gasteiger partial charge in [-0.25, -0.2) is 4.79 Å². The molecule has 0 saturated heterocycles. The Hall–Kier alpha value is -2.58. The number of alkyl halides is 3.